The lowest BCUT2D eigenvalue weighted by molar-refractivity contribution is 0.0955. The Bertz CT molecular complexity index is 914. The molecule has 0 fully saturated rings. The number of anilines is 1. The van der Waals surface area contributed by atoms with Gasteiger partial charge in [-0.1, -0.05) is 0 Å². The lowest BCUT2D eigenvalue weighted by Crippen LogP contribution is -2.17. The fourth-order valence-electron chi connectivity index (χ4n) is 2.71. The van der Waals surface area contributed by atoms with Gasteiger partial charge >= 0.3 is 0 Å². The molecular weight excluding hydrogens is 328 g/mol. The van der Waals surface area contributed by atoms with E-state index in [1.165, 1.54) is 6.21 Å². The fraction of sp³-hybridized carbons (Fsp3) is 0.200. The van der Waals surface area contributed by atoms with Gasteiger partial charge in [-0.3, -0.25) is 4.79 Å². The molecule has 1 aromatic carbocycles. The fourth-order valence-corrected chi connectivity index (χ4v) is 2.71. The Morgan fingerprint density at radius 1 is 1.04 bits per heavy atom. The molecule has 0 atom stereocenters. The third kappa shape index (κ3) is 3.69. The molecule has 0 spiro atoms. The van der Waals surface area contributed by atoms with Crippen LogP contribution in [0.3, 0.4) is 0 Å². The first-order valence-electron chi connectivity index (χ1n) is 8.31. The van der Waals surface area contributed by atoms with Crippen molar-refractivity contribution in [3.8, 4) is 5.69 Å². The third-order valence-electron chi connectivity index (χ3n) is 4.07. The molecule has 2 heterocycles. The number of carbonyl (C=O) groups is 1. The second kappa shape index (κ2) is 7.31. The number of nitrogens with one attached hydrogen (secondary N) is 1. The van der Waals surface area contributed by atoms with E-state index < -0.39 is 0 Å². The smallest absolute Gasteiger partial charge is 0.271 e. The number of carbonyl (C=O) groups excluding carboxylic acids is 1. The topological polar surface area (TPSA) is 62.8 Å². The molecule has 0 bridgehead atoms. The number of hydrogen-bond acceptors (Lipinski definition) is 4. The van der Waals surface area contributed by atoms with Crippen molar-refractivity contribution in [2.45, 2.75) is 13.8 Å². The number of benzene rings is 1. The molecule has 0 saturated heterocycles. The molecule has 6 heteroatoms. The number of amides is 1. The van der Waals surface area contributed by atoms with Crippen molar-refractivity contribution in [3.63, 3.8) is 0 Å². The van der Waals surface area contributed by atoms with E-state index in [9.17, 15) is 4.79 Å². The minimum atomic E-state index is -0.270. The Balaban J connectivity index is 1.65. The maximum Gasteiger partial charge on any atom is 0.271 e. The van der Waals surface area contributed by atoms with Crippen molar-refractivity contribution in [3.05, 3.63) is 71.2 Å². The number of hydrogen-bond donors (Lipinski definition) is 1. The van der Waals surface area contributed by atoms with E-state index >= 15 is 0 Å². The van der Waals surface area contributed by atoms with Gasteiger partial charge in [0.25, 0.3) is 5.91 Å². The van der Waals surface area contributed by atoms with Crippen LogP contribution in [0.5, 0.6) is 0 Å². The second-order valence-corrected chi connectivity index (χ2v) is 6.27. The summed E-state index contributed by atoms with van der Waals surface area (Å²) in [5.41, 5.74) is 6.39. The van der Waals surface area contributed by atoms with E-state index in [-0.39, 0.29) is 5.91 Å². The first-order chi connectivity index (χ1) is 12.5. The van der Waals surface area contributed by atoms with E-state index in [0.717, 1.165) is 23.0 Å². The number of aryl methyl sites for hydroxylation is 2. The van der Waals surface area contributed by atoms with Gasteiger partial charge in [0, 0.05) is 42.8 Å². The molecule has 3 rings (SSSR count). The highest BCUT2D eigenvalue weighted by molar-refractivity contribution is 5.94. The molecular formula is C20H22N4O2. The minimum Gasteiger partial charge on any atom is -0.440 e. The van der Waals surface area contributed by atoms with E-state index in [1.54, 1.807) is 18.2 Å². The summed E-state index contributed by atoms with van der Waals surface area (Å²) in [5.74, 6) is 1.03. The van der Waals surface area contributed by atoms with Crippen LogP contribution in [-0.2, 0) is 0 Å². The Morgan fingerprint density at radius 2 is 1.69 bits per heavy atom. The van der Waals surface area contributed by atoms with Gasteiger partial charge in [0.15, 0.2) is 5.88 Å². The molecule has 2 aromatic heterocycles. The van der Waals surface area contributed by atoms with Crippen LogP contribution in [0, 0.1) is 13.8 Å². The summed E-state index contributed by atoms with van der Waals surface area (Å²) >= 11 is 0. The summed E-state index contributed by atoms with van der Waals surface area (Å²) < 4.78 is 7.67. The van der Waals surface area contributed by atoms with Crippen molar-refractivity contribution in [2.75, 3.05) is 19.0 Å². The summed E-state index contributed by atoms with van der Waals surface area (Å²) in [7, 11) is 3.78. The number of aromatic nitrogens is 1. The van der Waals surface area contributed by atoms with Crippen LogP contribution in [0.2, 0.25) is 0 Å². The highest BCUT2D eigenvalue weighted by Crippen LogP contribution is 2.17. The van der Waals surface area contributed by atoms with E-state index in [2.05, 4.69) is 41.1 Å². The number of rotatable bonds is 5. The summed E-state index contributed by atoms with van der Waals surface area (Å²) in [6, 6.07) is 15.2. The zero-order valence-corrected chi connectivity index (χ0v) is 15.4. The van der Waals surface area contributed by atoms with Crippen LogP contribution in [-0.4, -0.2) is 30.8 Å². The Kier molecular flexibility index (Phi) is 4.93. The molecule has 0 aliphatic heterocycles. The van der Waals surface area contributed by atoms with Gasteiger partial charge in [-0.2, -0.15) is 5.10 Å². The van der Waals surface area contributed by atoms with Crippen LogP contribution in [0.25, 0.3) is 5.69 Å². The quantitative estimate of drug-likeness (QED) is 0.566. The number of hydrazone groups is 1. The van der Waals surface area contributed by atoms with Crippen molar-refractivity contribution in [1.29, 1.82) is 0 Å². The van der Waals surface area contributed by atoms with Crippen LogP contribution < -0.4 is 10.3 Å². The molecule has 0 radical (unpaired) electrons. The largest absolute Gasteiger partial charge is 0.440 e. The molecule has 1 N–H and O–H groups in total. The highest BCUT2D eigenvalue weighted by Gasteiger charge is 2.07. The molecule has 0 unspecified atom stereocenters. The summed E-state index contributed by atoms with van der Waals surface area (Å²) in [6.45, 7) is 4.11. The Morgan fingerprint density at radius 3 is 2.27 bits per heavy atom. The van der Waals surface area contributed by atoms with E-state index in [0.29, 0.717) is 11.3 Å². The standard InChI is InChI=1S/C20H22N4O2/c1-14-5-6-15(2)24(14)17-9-7-16(8-10-17)20(25)22-21-13-18-11-12-19(26-18)23(3)4/h5-13H,1-4H3,(H,22,25)/b21-13-. The minimum absolute atomic E-state index is 0.270. The Hall–Kier alpha value is -3.28. The Labute approximate surface area is 152 Å². The molecule has 26 heavy (non-hydrogen) atoms. The van der Waals surface area contributed by atoms with Gasteiger partial charge in [-0.05, 0) is 56.3 Å². The molecule has 0 aliphatic carbocycles. The molecule has 6 nitrogen and oxygen atoms in total. The number of furan rings is 1. The average molecular weight is 350 g/mol. The predicted molar refractivity (Wildman–Crippen MR) is 103 cm³/mol. The maximum absolute atomic E-state index is 12.2. The van der Waals surface area contributed by atoms with E-state index in [4.69, 9.17) is 4.42 Å². The van der Waals surface area contributed by atoms with Gasteiger partial charge in [-0.25, -0.2) is 5.43 Å². The lowest BCUT2D eigenvalue weighted by atomic mass is 10.2. The molecule has 3 aromatic rings. The summed E-state index contributed by atoms with van der Waals surface area (Å²) in [6.07, 6.45) is 1.48. The van der Waals surface area contributed by atoms with Gasteiger partial charge in [0.1, 0.15) is 5.76 Å². The van der Waals surface area contributed by atoms with Crippen LogP contribution >= 0.6 is 0 Å². The second-order valence-electron chi connectivity index (χ2n) is 6.27. The van der Waals surface area contributed by atoms with Crippen LogP contribution in [0.1, 0.15) is 27.5 Å². The van der Waals surface area contributed by atoms with Crippen molar-refractivity contribution < 1.29 is 9.21 Å². The average Bonchev–Trinajstić information content (AvgIpc) is 3.22. The first-order valence-corrected chi connectivity index (χ1v) is 8.31. The monoisotopic (exact) mass is 350 g/mol. The van der Waals surface area contributed by atoms with Gasteiger partial charge in [0.05, 0.1) is 6.21 Å². The SMILES string of the molecule is Cc1ccc(C)n1-c1ccc(C(=O)N/N=C\c2ccc(N(C)C)o2)cc1. The first kappa shape index (κ1) is 17.5. The van der Waals surface area contributed by atoms with E-state index in [1.807, 2.05) is 37.2 Å². The molecule has 1 amide bonds. The molecule has 0 aliphatic rings. The van der Waals surface area contributed by atoms with Crippen LogP contribution in [0.4, 0.5) is 5.88 Å². The molecule has 0 saturated carbocycles. The maximum atomic E-state index is 12.2. The lowest BCUT2D eigenvalue weighted by Gasteiger charge is -2.10. The van der Waals surface area contributed by atoms with Crippen molar-refractivity contribution in [2.24, 2.45) is 5.10 Å². The van der Waals surface area contributed by atoms with Gasteiger partial charge in [-0.15, -0.1) is 0 Å². The van der Waals surface area contributed by atoms with Crippen LogP contribution in [0.15, 0.2) is 58.0 Å². The summed E-state index contributed by atoms with van der Waals surface area (Å²) in [4.78, 5) is 14.1. The van der Waals surface area contributed by atoms with Crippen molar-refractivity contribution in [1.82, 2.24) is 9.99 Å². The zero-order valence-electron chi connectivity index (χ0n) is 15.4. The van der Waals surface area contributed by atoms with Gasteiger partial charge in [0.2, 0.25) is 0 Å². The molecule has 134 valence electrons. The summed E-state index contributed by atoms with van der Waals surface area (Å²) in [5, 5.41) is 3.95. The number of nitrogens with zero attached hydrogens (tertiary/aromatic N) is 3. The third-order valence-corrected chi connectivity index (χ3v) is 4.07. The highest BCUT2D eigenvalue weighted by atomic mass is 16.4. The normalized spacial score (nSPS) is 11.1. The van der Waals surface area contributed by atoms with Crippen molar-refractivity contribution >= 4 is 18.0 Å². The van der Waals surface area contributed by atoms with Gasteiger partial charge < -0.3 is 13.9 Å². The zero-order chi connectivity index (χ0) is 18.7. The predicted octanol–water partition coefficient (Wildman–Crippen LogP) is 3.52.